The number of thioether (sulfide) groups is 1. The van der Waals surface area contributed by atoms with Gasteiger partial charge in [0.25, 0.3) is 11.6 Å². The second kappa shape index (κ2) is 11.6. The molecule has 170 valence electrons. The van der Waals surface area contributed by atoms with E-state index in [9.17, 15) is 14.9 Å². The fourth-order valence-electron chi connectivity index (χ4n) is 2.89. The number of rotatable bonds is 10. The lowest BCUT2D eigenvalue weighted by atomic mass is 10.2. The van der Waals surface area contributed by atoms with Crippen molar-refractivity contribution in [1.29, 1.82) is 0 Å². The number of carbonyl (C=O) groups excluding carboxylic acids is 1. The summed E-state index contributed by atoms with van der Waals surface area (Å²) in [5.74, 6) is 1.25. The van der Waals surface area contributed by atoms with Gasteiger partial charge in [-0.05, 0) is 49.4 Å². The average Bonchev–Trinajstić information content (AvgIpc) is 3.25. The van der Waals surface area contributed by atoms with Crippen molar-refractivity contribution >= 4 is 35.6 Å². The maximum Gasteiger partial charge on any atom is 0.276 e. The van der Waals surface area contributed by atoms with E-state index in [-0.39, 0.29) is 17.3 Å². The molecule has 2 aromatic carbocycles. The molecule has 0 saturated heterocycles. The number of hydrogen-bond donors (Lipinski definition) is 1. The number of nitro benzene ring substituents is 1. The van der Waals surface area contributed by atoms with Crippen molar-refractivity contribution in [2.45, 2.75) is 18.6 Å². The Hall–Kier alpha value is -3.99. The van der Waals surface area contributed by atoms with Gasteiger partial charge in [-0.1, -0.05) is 23.9 Å². The van der Waals surface area contributed by atoms with Crippen LogP contribution in [0, 0.1) is 10.1 Å². The van der Waals surface area contributed by atoms with Gasteiger partial charge in [-0.3, -0.25) is 14.9 Å². The lowest BCUT2D eigenvalue weighted by molar-refractivity contribution is -0.385. The fourth-order valence-corrected chi connectivity index (χ4v) is 3.68. The first-order chi connectivity index (χ1) is 16.0. The number of amides is 1. The molecule has 1 amide bonds. The molecule has 0 bridgehead atoms. The maximum absolute atomic E-state index is 12.1. The van der Waals surface area contributed by atoms with Gasteiger partial charge in [-0.2, -0.15) is 5.10 Å². The van der Waals surface area contributed by atoms with Gasteiger partial charge in [0, 0.05) is 24.4 Å². The zero-order valence-electron chi connectivity index (χ0n) is 18.0. The number of hydrazone groups is 1. The summed E-state index contributed by atoms with van der Waals surface area (Å²) in [5, 5.41) is 23.9. The van der Waals surface area contributed by atoms with Crippen molar-refractivity contribution in [3.8, 4) is 17.1 Å². The van der Waals surface area contributed by atoms with Gasteiger partial charge in [0.15, 0.2) is 11.0 Å². The molecule has 0 aliphatic carbocycles. The number of para-hydroxylation sites is 1. The number of nitro groups is 1. The number of nitrogens with zero attached hydrogens (tertiary/aromatic N) is 5. The van der Waals surface area contributed by atoms with Gasteiger partial charge in [0.1, 0.15) is 5.75 Å². The Labute approximate surface area is 194 Å². The predicted octanol–water partition coefficient (Wildman–Crippen LogP) is 3.79. The van der Waals surface area contributed by atoms with E-state index >= 15 is 0 Å². The molecule has 0 atom stereocenters. The molecule has 0 spiro atoms. The van der Waals surface area contributed by atoms with Crippen molar-refractivity contribution in [3.63, 3.8) is 0 Å². The van der Waals surface area contributed by atoms with Crippen LogP contribution in [0.4, 0.5) is 5.69 Å². The average molecular weight is 467 g/mol. The van der Waals surface area contributed by atoms with Gasteiger partial charge in [-0.25, -0.2) is 5.43 Å². The summed E-state index contributed by atoms with van der Waals surface area (Å²) in [6.45, 7) is 2.63. The molecule has 0 fully saturated rings. The first-order valence-corrected chi connectivity index (χ1v) is 10.9. The summed E-state index contributed by atoms with van der Waals surface area (Å²) < 4.78 is 7.11. The Morgan fingerprint density at radius 1 is 1.24 bits per heavy atom. The fraction of sp³-hybridized carbons (Fsp3) is 0.182. The molecule has 11 heteroatoms. The number of aromatic nitrogens is 3. The van der Waals surface area contributed by atoms with Crippen LogP contribution in [0.15, 0.2) is 64.9 Å². The summed E-state index contributed by atoms with van der Waals surface area (Å²) in [6, 6.07) is 13.9. The third-order valence-electron chi connectivity index (χ3n) is 4.47. The van der Waals surface area contributed by atoms with Crippen LogP contribution in [-0.4, -0.2) is 44.7 Å². The molecule has 10 nitrogen and oxygen atoms in total. The number of hydrogen-bond acceptors (Lipinski definition) is 8. The third-order valence-corrected chi connectivity index (χ3v) is 5.44. The second-order valence-electron chi connectivity index (χ2n) is 6.56. The molecule has 1 N–H and O–H groups in total. The van der Waals surface area contributed by atoms with E-state index in [1.165, 1.54) is 30.1 Å². The second-order valence-corrected chi connectivity index (χ2v) is 7.50. The summed E-state index contributed by atoms with van der Waals surface area (Å²) in [5.41, 5.74) is 3.76. The minimum Gasteiger partial charge on any atom is -0.497 e. The third kappa shape index (κ3) is 6.26. The first-order valence-electron chi connectivity index (χ1n) is 9.96. The minimum absolute atomic E-state index is 0.00312. The summed E-state index contributed by atoms with van der Waals surface area (Å²) in [6.07, 6.45) is 4.42. The van der Waals surface area contributed by atoms with Crippen LogP contribution >= 0.6 is 11.8 Å². The van der Waals surface area contributed by atoms with Crippen LogP contribution in [0.5, 0.6) is 5.75 Å². The zero-order valence-corrected chi connectivity index (χ0v) is 18.9. The lowest BCUT2D eigenvalue weighted by Gasteiger charge is -2.07. The summed E-state index contributed by atoms with van der Waals surface area (Å²) in [7, 11) is 1.61. The van der Waals surface area contributed by atoms with Crippen LogP contribution in [0.3, 0.4) is 0 Å². The molecule has 1 aromatic heterocycles. The van der Waals surface area contributed by atoms with Crippen LogP contribution in [0.1, 0.15) is 12.5 Å². The Morgan fingerprint density at radius 2 is 2.00 bits per heavy atom. The van der Waals surface area contributed by atoms with Crippen LogP contribution in [-0.2, 0) is 11.3 Å². The molecule has 0 aliphatic heterocycles. The zero-order chi connectivity index (χ0) is 23.6. The normalized spacial score (nSPS) is 11.2. The van der Waals surface area contributed by atoms with Gasteiger partial charge in [-0.15, -0.1) is 10.2 Å². The van der Waals surface area contributed by atoms with Gasteiger partial charge in [0.05, 0.1) is 23.3 Å². The number of carbonyl (C=O) groups is 1. The highest BCUT2D eigenvalue weighted by Gasteiger charge is 2.14. The standard InChI is InChI=1S/C22H22N6O4S/c1-3-27-21(17-10-12-18(32-2)13-11-17)25-26-22(27)33-15-20(29)24-23-14-6-8-16-7-4-5-9-19(16)28(30)31/h4-14H,3,15H2,1-2H3,(H,24,29)/b8-6+,23-14+. The number of ether oxygens (including phenoxy) is 1. The smallest absolute Gasteiger partial charge is 0.276 e. The topological polar surface area (TPSA) is 125 Å². The molecule has 3 aromatic rings. The van der Waals surface area contributed by atoms with Crippen molar-refractivity contribution in [3.05, 3.63) is 70.3 Å². The highest BCUT2D eigenvalue weighted by molar-refractivity contribution is 7.99. The Morgan fingerprint density at radius 3 is 2.70 bits per heavy atom. The molecular weight excluding hydrogens is 444 g/mol. The van der Waals surface area contributed by atoms with Gasteiger partial charge in [0.2, 0.25) is 0 Å². The SMILES string of the molecule is CCn1c(SCC(=O)N/N=C/C=C/c2ccccc2[N+](=O)[O-])nnc1-c1ccc(OC)cc1. The Kier molecular flexibility index (Phi) is 8.30. The van der Waals surface area contributed by atoms with Crippen molar-refractivity contribution in [1.82, 2.24) is 20.2 Å². The summed E-state index contributed by atoms with van der Waals surface area (Å²) >= 11 is 1.25. The molecule has 1 heterocycles. The van der Waals surface area contributed by atoms with Crippen LogP contribution in [0.2, 0.25) is 0 Å². The molecule has 3 rings (SSSR count). The van der Waals surface area contributed by atoms with E-state index in [2.05, 4.69) is 20.7 Å². The number of methoxy groups -OCH3 is 1. The molecular formula is C22H22N6O4S. The first kappa shape index (κ1) is 23.7. The van der Waals surface area contributed by atoms with Crippen molar-refractivity contribution < 1.29 is 14.5 Å². The highest BCUT2D eigenvalue weighted by atomic mass is 32.2. The quantitative estimate of drug-likeness (QED) is 0.209. The number of nitrogens with one attached hydrogen (secondary N) is 1. The summed E-state index contributed by atoms with van der Waals surface area (Å²) in [4.78, 5) is 22.7. The number of allylic oxidation sites excluding steroid dienone is 1. The molecule has 33 heavy (non-hydrogen) atoms. The largest absolute Gasteiger partial charge is 0.497 e. The van der Waals surface area contributed by atoms with Gasteiger partial charge < -0.3 is 9.30 Å². The van der Waals surface area contributed by atoms with E-state index in [1.807, 2.05) is 35.8 Å². The van der Waals surface area contributed by atoms with Crippen LogP contribution < -0.4 is 10.2 Å². The number of benzene rings is 2. The molecule has 0 unspecified atom stereocenters. The van der Waals surface area contributed by atoms with Crippen molar-refractivity contribution in [2.24, 2.45) is 5.10 Å². The van der Waals surface area contributed by atoms with E-state index in [0.717, 1.165) is 11.3 Å². The van der Waals surface area contributed by atoms with E-state index < -0.39 is 4.92 Å². The predicted molar refractivity (Wildman–Crippen MR) is 127 cm³/mol. The van der Waals surface area contributed by atoms with Gasteiger partial charge >= 0.3 is 0 Å². The van der Waals surface area contributed by atoms with Crippen LogP contribution in [0.25, 0.3) is 17.5 Å². The molecule has 0 aliphatic rings. The monoisotopic (exact) mass is 466 g/mol. The molecule has 0 radical (unpaired) electrons. The van der Waals surface area contributed by atoms with E-state index in [1.54, 1.807) is 31.4 Å². The molecule has 0 saturated carbocycles. The highest BCUT2D eigenvalue weighted by Crippen LogP contribution is 2.25. The van der Waals surface area contributed by atoms with E-state index in [0.29, 0.717) is 23.1 Å². The Balaban J connectivity index is 1.55. The van der Waals surface area contributed by atoms with E-state index in [4.69, 9.17) is 4.74 Å². The Bertz CT molecular complexity index is 1170. The minimum atomic E-state index is -0.453. The lowest BCUT2D eigenvalue weighted by Crippen LogP contribution is -2.19. The van der Waals surface area contributed by atoms with Crippen molar-refractivity contribution in [2.75, 3.05) is 12.9 Å². The maximum atomic E-state index is 12.1.